The third-order valence-corrected chi connectivity index (χ3v) is 3.64. The summed E-state index contributed by atoms with van der Waals surface area (Å²) in [4.78, 5) is 22.5. The van der Waals surface area contributed by atoms with Crippen molar-refractivity contribution in [1.29, 1.82) is 0 Å². The minimum Gasteiger partial charge on any atom is -0.316 e. The van der Waals surface area contributed by atoms with E-state index in [2.05, 4.69) is 21.8 Å². The van der Waals surface area contributed by atoms with Gasteiger partial charge in [-0.25, -0.2) is 4.98 Å². The van der Waals surface area contributed by atoms with E-state index < -0.39 is 0 Å². The Hall–Kier alpha value is -3.39. The number of nitrogens with zero attached hydrogens (tertiary/aromatic N) is 4. The van der Waals surface area contributed by atoms with Crippen LogP contribution in [0.1, 0.15) is 21.9 Å². The average molecular weight is 316 g/mol. The molecule has 3 rings (SSSR count). The van der Waals surface area contributed by atoms with Gasteiger partial charge in [0.25, 0.3) is 5.91 Å². The quantitative estimate of drug-likeness (QED) is 0.683. The lowest BCUT2D eigenvalue weighted by molar-refractivity contribution is 0.0985. The SMILES string of the molecule is CN(C(=O)c1cnc(C#Cc2ccccc2)n1C)c1cccnc1. The van der Waals surface area contributed by atoms with Crippen molar-refractivity contribution in [2.24, 2.45) is 7.05 Å². The Kier molecular flexibility index (Phi) is 4.39. The number of rotatable bonds is 2. The first-order valence-corrected chi connectivity index (χ1v) is 7.43. The summed E-state index contributed by atoms with van der Waals surface area (Å²) >= 11 is 0. The first kappa shape index (κ1) is 15.5. The molecule has 0 atom stereocenters. The molecule has 0 aliphatic rings. The summed E-state index contributed by atoms with van der Waals surface area (Å²) < 4.78 is 1.70. The molecule has 1 amide bonds. The lowest BCUT2D eigenvalue weighted by Gasteiger charge is -2.16. The first-order chi connectivity index (χ1) is 11.7. The smallest absolute Gasteiger partial charge is 0.276 e. The molecule has 5 heteroatoms. The molecule has 0 spiro atoms. The van der Waals surface area contributed by atoms with Gasteiger partial charge in [0.1, 0.15) is 5.69 Å². The molecular weight excluding hydrogens is 300 g/mol. The van der Waals surface area contributed by atoms with Crippen molar-refractivity contribution in [1.82, 2.24) is 14.5 Å². The number of hydrogen-bond acceptors (Lipinski definition) is 3. The van der Waals surface area contributed by atoms with E-state index in [9.17, 15) is 4.79 Å². The Labute approximate surface area is 140 Å². The van der Waals surface area contributed by atoms with E-state index in [0.29, 0.717) is 11.5 Å². The van der Waals surface area contributed by atoms with Gasteiger partial charge in [-0.2, -0.15) is 0 Å². The highest BCUT2D eigenvalue weighted by Gasteiger charge is 2.18. The topological polar surface area (TPSA) is 51.0 Å². The molecule has 24 heavy (non-hydrogen) atoms. The molecule has 0 aliphatic carbocycles. The Morgan fingerprint density at radius 1 is 1.08 bits per heavy atom. The van der Waals surface area contributed by atoms with Gasteiger partial charge >= 0.3 is 0 Å². The van der Waals surface area contributed by atoms with Crippen molar-refractivity contribution in [3.05, 3.63) is 78.1 Å². The Morgan fingerprint density at radius 2 is 1.88 bits per heavy atom. The monoisotopic (exact) mass is 316 g/mol. The molecule has 118 valence electrons. The standard InChI is InChI=1S/C19H16N4O/c1-22(16-9-6-12-20-13-16)19(24)17-14-21-18(23(17)2)11-10-15-7-4-3-5-8-15/h3-9,12-14H,1-2H3. The lowest BCUT2D eigenvalue weighted by atomic mass is 10.2. The summed E-state index contributed by atoms with van der Waals surface area (Å²) in [5.41, 5.74) is 2.10. The number of carbonyl (C=O) groups excluding carboxylic acids is 1. The molecule has 0 N–H and O–H groups in total. The van der Waals surface area contributed by atoms with E-state index in [1.165, 1.54) is 0 Å². The van der Waals surface area contributed by atoms with Crippen LogP contribution in [0.3, 0.4) is 0 Å². The van der Waals surface area contributed by atoms with Crippen molar-refractivity contribution in [2.75, 3.05) is 11.9 Å². The zero-order valence-corrected chi connectivity index (χ0v) is 13.5. The van der Waals surface area contributed by atoms with Crippen LogP contribution >= 0.6 is 0 Å². The van der Waals surface area contributed by atoms with Crippen LogP contribution in [0, 0.1) is 11.8 Å². The van der Waals surface area contributed by atoms with Crippen molar-refractivity contribution < 1.29 is 4.79 Å². The summed E-state index contributed by atoms with van der Waals surface area (Å²) in [5, 5.41) is 0. The first-order valence-electron chi connectivity index (χ1n) is 7.43. The van der Waals surface area contributed by atoms with Crippen LogP contribution in [-0.2, 0) is 7.05 Å². The Bertz CT molecular complexity index is 905. The Balaban J connectivity index is 1.85. The van der Waals surface area contributed by atoms with Crippen LogP contribution in [0.5, 0.6) is 0 Å². The minimum atomic E-state index is -0.161. The predicted molar refractivity (Wildman–Crippen MR) is 92.6 cm³/mol. The lowest BCUT2D eigenvalue weighted by Crippen LogP contribution is -2.28. The summed E-state index contributed by atoms with van der Waals surface area (Å²) in [7, 11) is 3.49. The number of carbonyl (C=O) groups is 1. The number of imidazole rings is 1. The molecule has 0 radical (unpaired) electrons. The van der Waals surface area contributed by atoms with Gasteiger partial charge in [0, 0.05) is 25.9 Å². The van der Waals surface area contributed by atoms with Crippen molar-refractivity contribution >= 4 is 11.6 Å². The maximum atomic E-state index is 12.6. The van der Waals surface area contributed by atoms with Gasteiger partial charge < -0.3 is 9.47 Å². The zero-order valence-electron chi connectivity index (χ0n) is 13.5. The van der Waals surface area contributed by atoms with Crippen LogP contribution in [0.25, 0.3) is 0 Å². The summed E-state index contributed by atoms with van der Waals surface area (Å²) in [6.07, 6.45) is 4.86. The number of benzene rings is 1. The fourth-order valence-corrected chi connectivity index (χ4v) is 2.22. The number of anilines is 1. The second-order valence-electron chi connectivity index (χ2n) is 5.22. The highest BCUT2D eigenvalue weighted by atomic mass is 16.2. The van der Waals surface area contributed by atoms with Crippen LogP contribution < -0.4 is 4.90 Å². The van der Waals surface area contributed by atoms with Gasteiger partial charge in [0.2, 0.25) is 0 Å². The molecule has 0 bridgehead atoms. The van der Waals surface area contributed by atoms with E-state index in [4.69, 9.17) is 0 Å². The molecule has 0 unspecified atom stereocenters. The molecule has 3 aromatic rings. The van der Waals surface area contributed by atoms with Gasteiger partial charge in [-0.15, -0.1) is 0 Å². The molecule has 5 nitrogen and oxygen atoms in total. The third-order valence-electron chi connectivity index (χ3n) is 3.64. The average Bonchev–Trinajstić information content (AvgIpc) is 3.01. The number of pyridine rings is 1. The molecule has 2 heterocycles. The maximum Gasteiger partial charge on any atom is 0.276 e. The van der Waals surface area contributed by atoms with Gasteiger partial charge in [0.15, 0.2) is 5.82 Å². The molecule has 0 saturated carbocycles. The second-order valence-corrected chi connectivity index (χ2v) is 5.22. The fraction of sp³-hybridized carbons (Fsp3) is 0.105. The normalized spacial score (nSPS) is 9.92. The fourth-order valence-electron chi connectivity index (χ4n) is 2.22. The van der Waals surface area contributed by atoms with Crippen LogP contribution in [-0.4, -0.2) is 27.5 Å². The maximum absolute atomic E-state index is 12.6. The summed E-state index contributed by atoms with van der Waals surface area (Å²) in [6.45, 7) is 0. The van der Waals surface area contributed by atoms with E-state index in [1.54, 1.807) is 48.2 Å². The second kappa shape index (κ2) is 6.80. The van der Waals surface area contributed by atoms with Crippen molar-refractivity contribution in [2.45, 2.75) is 0 Å². The summed E-state index contributed by atoms with van der Waals surface area (Å²) in [5.74, 6) is 6.43. The van der Waals surface area contributed by atoms with Crippen LogP contribution in [0.4, 0.5) is 5.69 Å². The highest BCUT2D eigenvalue weighted by molar-refractivity contribution is 6.04. The van der Waals surface area contributed by atoms with E-state index >= 15 is 0 Å². The van der Waals surface area contributed by atoms with Gasteiger partial charge in [-0.3, -0.25) is 9.78 Å². The molecule has 2 aromatic heterocycles. The molecule has 0 aliphatic heterocycles. The van der Waals surface area contributed by atoms with Gasteiger partial charge in [-0.05, 0) is 30.2 Å². The minimum absolute atomic E-state index is 0.161. The largest absolute Gasteiger partial charge is 0.316 e. The zero-order chi connectivity index (χ0) is 16.9. The van der Waals surface area contributed by atoms with Gasteiger partial charge in [-0.1, -0.05) is 24.1 Å². The van der Waals surface area contributed by atoms with Crippen LogP contribution in [0.15, 0.2) is 61.1 Å². The molecule has 0 saturated heterocycles. The van der Waals surface area contributed by atoms with E-state index in [1.807, 2.05) is 36.4 Å². The van der Waals surface area contributed by atoms with Crippen molar-refractivity contribution in [3.63, 3.8) is 0 Å². The molecular formula is C19H16N4O. The molecule has 1 aromatic carbocycles. The van der Waals surface area contributed by atoms with E-state index in [-0.39, 0.29) is 5.91 Å². The highest BCUT2D eigenvalue weighted by Crippen LogP contribution is 2.14. The number of aromatic nitrogens is 3. The predicted octanol–water partition coefficient (Wildman–Crippen LogP) is 2.49. The van der Waals surface area contributed by atoms with Crippen molar-refractivity contribution in [3.8, 4) is 11.8 Å². The Morgan fingerprint density at radius 3 is 2.58 bits per heavy atom. The van der Waals surface area contributed by atoms with Crippen LogP contribution in [0.2, 0.25) is 0 Å². The molecule has 0 fully saturated rings. The summed E-state index contributed by atoms with van der Waals surface area (Å²) in [6, 6.07) is 13.3. The third kappa shape index (κ3) is 3.18. The van der Waals surface area contributed by atoms with Gasteiger partial charge in [0.05, 0.1) is 18.1 Å². The van der Waals surface area contributed by atoms with E-state index in [0.717, 1.165) is 11.3 Å². The number of hydrogen-bond donors (Lipinski definition) is 0. The number of amides is 1.